The number of rotatable bonds is 3. The molecule has 5 heteroatoms. The zero-order chi connectivity index (χ0) is 13.2. The number of carbonyl (C=O) groups is 1. The Balaban J connectivity index is 2.93. The number of amides is 1. The van der Waals surface area contributed by atoms with E-state index in [1.54, 1.807) is 19.9 Å². The van der Waals surface area contributed by atoms with Crippen molar-refractivity contribution in [2.75, 3.05) is 13.6 Å². The summed E-state index contributed by atoms with van der Waals surface area (Å²) in [6.45, 7) is 3.32. The molecule has 1 amide bonds. The van der Waals surface area contributed by atoms with Crippen LogP contribution in [-0.4, -0.2) is 35.1 Å². The number of hydrogen-bond donors (Lipinski definition) is 1. The summed E-state index contributed by atoms with van der Waals surface area (Å²) in [4.78, 5) is 13.2. The van der Waals surface area contributed by atoms with E-state index in [-0.39, 0.29) is 16.6 Å². The van der Waals surface area contributed by atoms with E-state index < -0.39 is 17.3 Å². The predicted octanol–water partition coefficient (Wildman–Crippen LogP) is 2.43. The SMILES string of the molecule is CN(CC(C)(C)O)C(=O)c1cccc(Br)c1F. The summed E-state index contributed by atoms with van der Waals surface area (Å²) in [6, 6.07) is 4.55. The van der Waals surface area contributed by atoms with Crippen molar-refractivity contribution in [1.29, 1.82) is 0 Å². The lowest BCUT2D eigenvalue weighted by Gasteiger charge is -2.25. The largest absolute Gasteiger partial charge is 0.389 e. The van der Waals surface area contributed by atoms with Gasteiger partial charge in [0.2, 0.25) is 0 Å². The van der Waals surface area contributed by atoms with E-state index in [1.165, 1.54) is 24.1 Å². The minimum atomic E-state index is -1.01. The van der Waals surface area contributed by atoms with Gasteiger partial charge in [-0.05, 0) is 41.9 Å². The van der Waals surface area contributed by atoms with E-state index in [9.17, 15) is 14.3 Å². The van der Waals surface area contributed by atoms with E-state index in [1.807, 2.05) is 0 Å². The van der Waals surface area contributed by atoms with Gasteiger partial charge in [-0.1, -0.05) is 6.07 Å². The van der Waals surface area contributed by atoms with Crippen LogP contribution in [0.2, 0.25) is 0 Å². The lowest BCUT2D eigenvalue weighted by molar-refractivity contribution is 0.0365. The molecule has 0 unspecified atom stereocenters. The van der Waals surface area contributed by atoms with Crippen LogP contribution in [0, 0.1) is 5.82 Å². The van der Waals surface area contributed by atoms with Crippen LogP contribution < -0.4 is 0 Å². The topological polar surface area (TPSA) is 40.5 Å². The van der Waals surface area contributed by atoms with E-state index in [2.05, 4.69) is 15.9 Å². The van der Waals surface area contributed by atoms with Crippen LogP contribution in [0.5, 0.6) is 0 Å². The highest BCUT2D eigenvalue weighted by atomic mass is 79.9. The third-order valence-electron chi connectivity index (χ3n) is 2.15. The van der Waals surface area contributed by atoms with Crippen LogP contribution in [0.1, 0.15) is 24.2 Å². The molecule has 1 aromatic carbocycles. The zero-order valence-corrected chi connectivity index (χ0v) is 11.6. The van der Waals surface area contributed by atoms with E-state index in [0.717, 1.165) is 0 Å². The van der Waals surface area contributed by atoms with Crippen molar-refractivity contribution in [3.05, 3.63) is 34.1 Å². The quantitative estimate of drug-likeness (QED) is 0.932. The number of aliphatic hydroxyl groups is 1. The maximum atomic E-state index is 13.7. The van der Waals surface area contributed by atoms with Gasteiger partial charge in [0.15, 0.2) is 0 Å². The summed E-state index contributed by atoms with van der Waals surface area (Å²) in [5, 5.41) is 9.61. The minimum Gasteiger partial charge on any atom is -0.389 e. The van der Waals surface area contributed by atoms with E-state index in [4.69, 9.17) is 0 Å². The van der Waals surface area contributed by atoms with Gasteiger partial charge in [0, 0.05) is 13.6 Å². The molecule has 0 fully saturated rings. The van der Waals surface area contributed by atoms with E-state index in [0.29, 0.717) is 0 Å². The zero-order valence-electron chi connectivity index (χ0n) is 10.00. The average Bonchev–Trinajstić information content (AvgIpc) is 2.18. The molecule has 0 bridgehead atoms. The van der Waals surface area contributed by atoms with Crippen molar-refractivity contribution < 1.29 is 14.3 Å². The van der Waals surface area contributed by atoms with Crippen molar-refractivity contribution in [3.8, 4) is 0 Å². The molecule has 1 rings (SSSR count). The van der Waals surface area contributed by atoms with Crippen LogP contribution in [-0.2, 0) is 0 Å². The molecule has 0 aliphatic heterocycles. The standard InChI is InChI=1S/C12H15BrFNO2/c1-12(2,17)7-15(3)11(16)8-5-4-6-9(13)10(8)14/h4-6,17H,7H2,1-3H3. The number of benzene rings is 1. The van der Waals surface area contributed by atoms with Crippen LogP contribution in [0.15, 0.2) is 22.7 Å². The fourth-order valence-electron chi connectivity index (χ4n) is 1.53. The third kappa shape index (κ3) is 3.78. The minimum absolute atomic E-state index is 0.00822. The molecular formula is C12H15BrFNO2. The highest BCUT2D eigenvalue weighted by Gasteiger charge is 2.22. The molecular weight excluding hydrogens is 289 g/mol. The normalized spacial score (nSPS) is 11.4. The summed E-state index contributed by atoms with van der Waals surface area (Å²) < 4.78 is 13.9. The summed E-state index contributed by atoms with van der Waals surface area (Å²) in [6.07, 6.45) is 0. The van der Waals surface area contributed by atoms with Gasteiger partial charge in [-0.3, -0.25) is 4.79 Å². The molecule has 1 aromatic rings. The number of halogens is 2. The molecule has 0 aromatic heterocycles. The maximum Gasteiger partial charge on any atom is 0.256 e. The van der Waals surface area contributed by atoms with Crippen LogP contribution in [0.25, 0.3) is 0 Å². The third-order valence-corrected chi connectivity index (χ3v) is 2.77. The second-order valence-electron chi connectivity index (χ2n) is 4.58. The first-order valence-corrected chi connectivity index (χ1v) is 5.93. The van der Waals surface area contributed by atoms with Gasteiger partial charge in [-0.2, -0.15) is 0 Å². The van der Waals surface area contributed by atoms with Crippen molar-refractivity contribution in [1.82, 2.24) is 4.90 Å². The first-order chi connectivity index (χ1) is 7.72. The van der Waals surface area contributed by atoms with Gasteiger partial charge in [-0.15, -0.1) is 0 Å². The number of hydrogen-bond acceptors (Lipinski definition) is 2. The summed E-state index contributed by atoms with van der Waals surface area (Å²) >= 11 is 3.03. The summed E-state index contributed by atoms with van der Waals surface area (Å²) in [7, 11) is 1.53. The second kappa shape index (κ2) is 5.14. The van der Waals surface area contributed by atoms with Gasteiger partial charge in [-0.25, -0.2) is 4.39 Å². The Kier molecular flexibility index (Phi) is 4.27. The van der Waals surface area contributed by atoms with Crippen molar-refractivity contribution in [2.24, 2.45) is 0 Å². The van der Waals surface area contributed by atoms with Gasteiger partial charge in [0.1, 0.15) is 5.82 Å². The van der Waals surface area contributed by atoms with Gasteiger partial charge in [0.25, 0.3) is 5.91 Å². The summed E-state index contributed by atoms with van der Waals surface area (Å²) in [5.74, 6) is -1.04. The Hall–Kier alpha value is -0.940. The molecule has 0 spiro atoms. The smallest absolute Gasteiger partial charge is 0.256 e. The van der Waals surface area contributed by atoms with Gasteiger partial charge in [0.05, 0.1) is 15.6 Å². The van der Waals surface area contributed by atoms with Crippen molar-refractivity contribution in [2.45, 2.75) is 19.4 Å². The molecule has 0 saturated heterocycles. The Labute approximate surface area is 108 Å². The van der Waals surface area contributed by atoms with Crippen LogP contribution >= 0.6 is 15.9 Å². The number of nitrogens with zero attached hydrogens (tertiary/aromatic N) is 1. The molecule has 0 atom stereocenters. The molecule has 1 N–H and O–H groups in total. The molecule has 0 aliphatic rings. The predicted molar refractivity (Wildman–Crippen MR) is 67.4 cm³/mol. The molecule has 17 heavy (non-hydrogen) atoms. The Morgan fingerprint density at radius 1 is 1.53 bits per heavy atom. The molecule has 0 aliphatic carbocycles. The lowest BCUT2D eigenvalue weighted by atomic mass is 10.1. The Bertz CT molecular complexity index is 429. The van der Waals surface area contributed by atoms with Crippen molar-refractivity contribution >= 4 is 21.8 Å². The van der Waals surface area contributed by atoms with Crippen molar-refractivity contribution in [3.63, 3.8) is 0 Å². The molecule has 0 saturated carbocycles. The fourth-order valence-corrected chi connectivity index (χ4v) is 1.89. The summed E-state index contributed by atoms with van der Waals surface area (Å²) in [5.41, 5.74) is -1.02. The first-order valence-electron chi connectivity index (χ1n) is 5.14. The first kappa shape index (κ1) is 14.1. The molecule has 0 heterocycles. The number of carbonyl (C=O) groups excluding carboxylic acids is 1. The Morgan fingerprint density at radius 2 is 2.12 bits per heavy atom. The monoisotopic (exact) mass is 303 g/mol. The Morgan fingerprint density at radius 3 is 2.65 bits per heavy atom. The van der Waals surface area contributed by atoms with Gasteiger partial charge < -0.3 is 10.0 Å². The van der Waals surface area contributed by atoms with Crippen LogP contribution in [0.4, 0.5) is 4.39 Å². The van der Waals surface area contributed by atoms with Gasteiger partial charge >= 0.3 is 0 Å². The lowest BCUT2D eigenvalue weighted by Crippen LogP contribution is -2.40. The maximum absolute atomic E-state index is 13.7. The number of likely N-dealkylation sites (N-methyl/N-ethyl adjacent to an activating group) is 1. The average molecular weight is 304 g/mol. The van der Waals surface area contributed by atoms with E-state index >= 15 is 0 Å². The molecule has 3 nitrogen and oxygen atoms in total. The highest BCUT2D eigenvalue weighted by molar-refractivity contribution is 9.10. The molecule has 94 valence electrons. The fraction of sp³-hybridized carbons (Fsp3) is 0.417. The van der Waals surface area contributed by atoms with Crippen LogP contribution in [0.3, 0.4) is 0 Å². The molecule has 0 radical (unpaired) electrons. The second-order valence-corrected chi connectivity index (χ2v) is 5.43. The highest BCUT2D eigenvalue weighted by Crippen LogP contribution is 2.20.